The van der Waals surface area contributed by atoms with Gasteiger partial charge < -0.3 is 20.5 Å². The lowest BCUT2D eigenvalue weighted by Gasteiger charge is -2.12. The molecule has 1 aromatic rings. The van der Waals surface area contributed by atoms with Gasteiger partial charge in [-0.15, -0.1) is 24.0 Å². The first-order valence-electron chi connectivity index (χ1n) is 8.48. The van der Waals surface area contributed by atoms with Gasteiger partial charge in [0.05, 0.1) is 13.2 Å². The molecular formula is C18H30IN3O2. The predicted molar refractivity (Wildman–Crippen MR) is 110 cm³/mol. The second kappa shape index (κ2) is 9.96. The van der Waals surface area contributed by atoms with E-state index in [9.17, 15) is 0 Å². The number of benzene rings is 1. The number of ether oxygens (including phenoxy) is 2. The minimum absolute atomic E-state index is 0. The van der Waals surface area contributed by atoms with E-state index in [1.165, 1.54) is 5.56 Å². The van der Waals surface area contributed by atoms with Crippen LogP contribution in [0.25, 0.3) is 0 Å². The van der Waals surface area contributed by atoms with Crippen molar-refractivity contribution in [1.29, 1.82) is 0 Å². The number of nitrogens with one attached hydrogen (secondary N) is 1. The van der Waals surface area contributed by atoms with Crippen LogP contribution >= 0.6 is 24.0 Å². The van der Waals surface area contributed by atoms with Crippen LogP contribution in [0.2, 0.25) is 0 Å². The molecule has 1 unspecified atom stereocenters. The summed E-state index contributed by atoms with van der Waals surface area (Å²) in [5, 5.41) is 3.15. The normalized spacial score (nSPS) is 16.4. The summed E-state index contributed by atoms with van der Waals surface area (Å²) in [4.78, 5) is 4.43. The molecule has 2 rings (SSSR count). The molecule has 5 nitrogen and oxygen atoms in total. The largest absolute Gasteiger partial charge is 0.494 e. The number of nitrogens with zero attached hydrogens (tertiary/aromatic N) is 1. The molecule has 136 valence electrons. The first-order chi connectivity index (χ1) is 11.0. The second-order valence-electron chi connectivity index (χ2n) is 6.44. The van der Waals surface area contributed by atoms with Gasteiger partial charge in [-0.2, -0.15) is 0 Å². The maximum Gasteiger partial charge on any atom is 0.188 e. The van der Waals surface area contributed by atoms with E-state index in [1.54, 1.807) is 0 Å². The smallest absolute Gasteiger partial charge is 0.188 e. The molecule has 0 bridgehead atoms. The molecule has 0 fully saturated rings. The topological polar surface area (TPSA) is 68.9 Å². The third-order valence-corrected chi connectivity index (χ3v) is 3.83. The number of halogens is 1. The van der Waals surface area contributed by atoms with Gasteiger partial charge in [0.1, 0.15) is 17.6 Å². The third kappa shape index (κ3) is 6.03. The monoisotopic (exact) mass is 447 g/mol. The van der Waals surface area contributed by atoms with Gasteiger partial charge >= 0.3 is 0 Å². The third-order valence-electron chi connectivity index (χ3n) is 3.83. The summed E-state index contributed by atoms with van der Waals surface area (Å²) >= 11 is 0. The van der Waals surface area contributed by atoms with Crippen LogP contribution in [-0.4, -0.2) is 25.2 Å². The molecule has 6 heteroatoms. The van der Waals surface area contributed by atoms with Crippen LogP contribution in [-0.2, 0) is 13.0 Å². The molecule has 1 aromatic carbocycles. The Hall–Kier alpha value is -1.18. The molecule has 1 aliphatic rings. The van der Waals surface area contributed by atoms with Crippen molar-refractivity contribution in [3.05, 3.63) is 23.3 Å². The fraction of sp³-hybridized carbons (Fsp3) is 0.611. The van der Waals surface area contributed by atoms with Crippen LogP contribution in [0.4, 0.5) is 0 Å². The molecular weight excluding hydrogens is 417 g/mol. The number of rotatable bonds is 7. The minimum atomic E-state index is 0. The van der Waals surface area contributed by atoms with E-state index >= 15 is 0 Å². The SMILES string of the molecule is CCOc1cc2c(cc1CN=C(N)NCCC(C)C)OC(C)C2.I. The van der Waals surface area contributed by atoms with Gasteiger partial charge in [-0.05, 0) is 38.3 Å². The first kappa shape index (κ1) is 20.9. The minimum Gasteiger partial charge on any atom is -0.494 e. The van der Waals surface area contributed by atoms with Crippen LogP contribution in [0.3, 0.4) is 0 Å². The maximum absolute atomic E-state index is 5.93. The van der Waals surface area contributed by atoms with Gasteiger partial charge in [-0.3, -0.25) is 0 Å². The Labute approximate surface area is 162 Å². The summed E-state index contributed by atoms with van der Waals surface area (Å²) in [7, 11) is 0. The summed E-state index contributed by atoms with van der Waals surface area (Å²) < 4.78 is 11.6. The lowest BCUT2D eigenvalue weighted by molar-refractivity contribution is 0.254. The number of aliphatic imine (C=N–C) groups is 1. The van der Waals surface area contributed by atoms with Crippen molar-refractivity contribution < 1.29 is 9.47 Å². The molecule has 0 spiro atoms. The lowest BCUT2D eigenvalue weighted by Crippen LogP contribution is -2.32. The fourth-order valence-corrected chi connectivity index (χ4v) is 2.61. The van der Waals surface area contributed by atoms with Crippen LogP contribution in [0.5, 0.6) is 11.5 Å². The molecule has 0 saturated carbocycles. The summed E-state index contributed by atoms with van der Waals surface area (Å²) in [6, 6.07) is 4.12. The first-order valence-corrected chi connectivity index (χ1v) is 8.48. The Kier molecular flexibility index (Phi) is 8.66. The zero-order valence-corrected chi connectivity index (χ0v) is 17.4. The quantitative estimate of drug-likeness (QED) is 0.382. The summed E-state index contributed by atoms with van der Waals surface area (Å²) in [5.74, 6) is 2.94. The van der Waals surface area contributed by atoms with Crippen LogP contribution in [0.15, 0.2) is 17.1 Å². The van der Waals surface area contributed by atoms with Gasteiger partial charge in [0.2, 0.25) is 0 Å². The standard InChI is InChI=1S/C18H29N3O2.HI/c1-5-22-16-9-14-8-13(4)23-17(14)10-15(16)11-21-18(19)20-7-6-12(2)3;/h9-10,12-13H,5-8,11H2,1-4H3,(H3,19,20,21);1H. The molecule has 0 amide bonds. The molecule has 3 N–H and O–H groups in total. The average molecular weight is 447 g/mol. The van der Waals surface area contributed by atoms with Crippen molar-refractivity contribution in [2.45, 2.75) is 53.2 Å². The second-order valence-corrected chi connectivity index (χ2v) is 6.44. The fourth-order valence-electron chi connectivity index (χ4n) is 2.61. The highest BCUT2D eigenvalue weighted by molar-refractivity contribution is 14.0. The van der Waals surface area contributed by atoms with Gasteiger partial charge in [0.25, 0.3) is 0 Å². The van der Waals surface area contributed by atoms with Crippen LogP contribution in [0, 0.1) is 5.92 Å². The molecule has 0 radical (unpaired) electrons. The van der Waals surface area contributed by atoms with E-state index in [1.807, 2.05) is 13.0 Å². The molecule has 1 aliphatic heterocycles. The molecule has 0 saturated heterocycles. The van der Waals surface area contributed by atoms with E-state index in [2.05, 4.69) is 37.1 Å². The summed E-state index contributed by atoms with van der Waals surface area (Å²) in [6.45, 7) is 10.4. The number of fused-ring (bicyclic) bond motifs is 1. The average Bonchev–Trinajstić information content (AvgIpc) is 2.83. The maximum atomic E-state index is 5.93. The highest BCUT2D eigenvalue weighted by Crippen LogP contribution is 2.35. The number of hydrogen-bond acceptors (Lipinski definition) is 3. The van der Waals surface area contributed by atoms with E-state index in [0.717, 1.165) is 36.4 Å². The molecule has 1 atom stereocenters. The molecule has 1 heterocycles. The summed E-state index contributed by atoms with van der Waals surface area (Å²) in [6.07, 6.45) is 2.23. The van der Waals surface area contributed by atoms with Crippen molar-refractivity contribution in [3.63, 3.8) is 0 Å². The van der Waals surface area contributed by atoms with E-state index in [0.29, 0.717) is 25.0 Å². The van der Waals surface area contributed by atoms with E-state index < -0.39 is 0 Å². The van der Waals surface area contributed by atoms with Crippen molar-refractivity contribution >= 4 is 29.9 Å². The number of guanidine groups is 1. The van der Waals surface area contributed by atoms with Crippen molar-refractivity contribution in [2.75, 3.05) is 13.2 Å². The van der Waals surface area contributed by atoms with Gasteiger partial charge in [0, 0.05) is 24.1 Å². The summed E-state index contributed by atoms with van der Waals surface area (Å²) in [5.41, 5.74) is 8.15. The Morgan fingerprint density at radius 1 is 1.46 bits per heavy atom. The Balaban J connectivity index is 0.00000288. The van der Waals surface area contributed by atoms with E-state index in [-0.39, 0.29) is 30.1 Å². The van der Waals surface area contributed by atoms with Crippen molar-refractivity contribution in [2.24, 2.45) is 16.6 Å². The van der Waals surface area contributed by atoms with Gasteiger partial charge in [-0.25, -0.2) is 4.99 Å². The lowest BCUT2D eigenvalue weighted by atomic mass is 10.1. The van der Waals surface area contributed by atoms with Gasteiger partial charge in [0.15, 0.2) is 5.96 Å². The highest BCUT2D eigenvalue weighted by atomic mass is 127. The van der Waals surface area contributed by atoms with Gasteiger partial charge in [-0.1, -0.05) is 13.8 Å². The zero-order chi connectivity index (χ0) is 16.8. The Morgan fingerprint density at radius 3 is 2.88 bits per heavy atom. The Morgan fingerprint density at radius 2 is 2.21 bits per heavy atom. The Bertz CT molecular complexity index is 561. The van der Waals surface area contributed by atoms with Crippen molar-refractivity contribution in [1.82, 2.24) is 5.32 Å². The predicted octanol–water partition coefficient (Wildman–Crippen LogP) is 3.48. The van der Waals surface area contributed by atoms with Crippen LogP contribution in [0.1, 0.15) is 45.2 Å². The molecule has 24 heavy (non-hydrogen) atoms. The zero-order valence-electron chi connectivity index (χ0n) is 15.1. The van der Waals surface area contributed by atoms with Crippen LogP contribution < -0.4 is 20.5 Å². The highest BCUT2D eigenvalue weighted by Gasteiger charge is 2.21. The molecule has 0 aromatic heterocycles. The molecule has 0 aliphatic carbocycles. The number of hydrogen-bond donors (Lipinski definition) is 2. The van der Waals surface area contributed by atoms with E-state index in [4.69, 9.17) is 15.2 Å². The van der Waals surface area contributed by atoms with Crippen molar-refractivity contribution in [3.8, 4) is 11.5 Å². The number of nitrogens with two attached hydrogens (primary N) is 1.